The molecule has 1 fully saturated rings. The largest absolute Gasteiger partial charge is 0.511 e. The van der Waals surface area contributed by atoms with Gasteiger partial charge in [-0.2, -0.15) is 18.4 Å². The summed E-state index contributed by atoms with van der Waals surface area (Å²) in [4.78, 5) is 9.94. The van der Waals surface area contributed by atoms with Gasteiger partial charge >= 0.3 is 15.5 Å². The number of hydrogen-bond acceptors (Lipinski definition) is 6. The van der Waals surface area contributed by atoms with Crippen LogP contribution in [0, 0.1) is 23.1 Å². The van der Waals surface area contributed by atoms with Crippen molar-refractivity contribution in [1.29, 1.82) is 5.26 Å². The third kappa shape index (κ3) is 4.00. The number of rotatable bonds is 4. The minimum Gasteiger partial charge on any atom is -0.356 e. The van der Waals surface area contributed by atoms with Crippen molar-refractivity contribution >= 4 is 26.7 Å². The number of anilines is 1. The van der Waals surface area contributed by atoms with Crippen molar-refractivity contribution in [1.82, 2.24) is 14.7 Å². The molecule has 1 saturated heterocycles. The molecule has 0 bridgehead atoms. The van der Waals surface area contributed by atoms with Crippen LogP contribution in [0.3, 0.4) is 0 Å². The van der Waals surface area contributed by atoms with Crippen molar-refractivity contribution < 1.29 is 26.0 Å². The lowest BCUT2D eigenvalue weighted by atomic mass is 9.98. The van der Waals surface area contributed by atoms with E-state index in [1.165, 1.54) is 12.4 Å². The maximum atomic E-state index is 14.0. The normalized spacial score (nSPS) is 18.2. The van der Waals surface area contributed by atoms with E-state index in [4.69, 9.17) is 5.26 Å². The van der Waals surface area contributed by atoms with E-state index in [2.05, 4.69) is 9.97 Å². The van der Waals surface area contributed by atoms with Gasteiger partial charge in [0.1, 0.15) is 24.0 Å². The van der Waals surface area contributed by atoms with Crippen LogP contribution in [0.4, 0.5) is 23.4 Å². The Hall–Kier alpha value is -2.52. The maximum absolute atomic E-state index is 14.0. The van der Waals surface area contributed by atoms with Gasteiger partial charge in [0, 0.05) is 25.0 Å². The second-order valence-corrected chi connectivity index (χ2v) is 8.17. The molecule has 12 heteroatoms. The number of piperidine rings is 1. The molecule has 2 heterocycles. The van der Waals surface area contributed by atoms with Crippen LogP contribution in [0.15, 0.2) is 18.5 Å². The van der Waals surface area contributed by atoms with Gasteiger partial charge in [-0.05, 0) is 30.9 Å². The molecule has 0 spiro atoms. The second-order valence-electron chi connectivity index (χ2n) is 6.41. The molecule has 7 nitrogen and oxygen atoms in total. The van der Waals surface area contributed by atoms with Gasteiger partial charge in [-0.1, -0.05) is 0 Å². The van der Waals surface area contributed by atoms with Crippen LogP contribution >= 0.6 is 0 Å². The average molecular weight is 417 g/mol. The molecule has 0 radical (unpaired) electrons. The molecule has 0 amide bonds. The summed E-state index contributed by atoms with van der Waals surface area (Å²) in [5, 5.41) is 9.30. The van der Waals surface area contributed by atoms with Crippen LogP contribution in [0.5, 0.6) is 0 Å². The molecule has 3 rings (SSSR count). The van der Waals surface area contributed by atoms with Crippen LogP contribution in [0.1, 0.15) is 18.4 Å². The Morgan fingerprint density at radius 3 is 2.75 bits per heavy atom. The molecular weight excluding hydrogens is 402 g/mol. The Kier molecular flexibility index (Phi) is 5.40. The number of aromatic nitrogens is 2. The van der Waals surface area contributed by atoms with Crippen molar-refractivity contribution in [3.8, 4) is 6.07 Å². The monoisotopic (exact) mass is 417 g/mol. The standard InChI is InChI=1S/C16H15F4N5O2S/c17-13-5-12-14(4-11(13)6-21)22-9-23-15(12)25-3-1-2-10(8-25)7-24-28(26,27)16(18,19)20/h4-5,9-10,24H,1-3,7-8H2. The van der Waals surface area contributed by atoms with Gasteiger partial charge in [0.25, 0.3) is 0 Å². The van der Waals surface area contributed by atoms with E-state index in [1.54, 1.807) is 15.7 Å². The topological polar surface area (TPSA) is 99.0 Å². The number of hydrogen-bond donors (Lipinski definition) is 1. The zero-order chi connectivity index (χ0) is 20.5. The molecule has 150 valence electrons. The predicted octanol–water partition coefficient (Wildman–Crippen LogP) is 2.30. The highest BCUT2D eigenvalue weighted by atomic mass is 32.2. The Morgan fingerprint density at radius 2 is 2.07 bits per heavy atom. The maximum Gasteiger partial charge on any atom is 0.511 e. The lowest BCUT2D eigenvalue weighted by Gasteiger charge is -2.34. The van der Waals surface area contributed by atoms with Crippen molar-refractivity contribution in [2.45, 2.75) is 18.3 Å². The molecule has 0 saturated carbocycles. The van der Waals surface area contributed by atoms with Crippen LogP contribution in [0.25, 0.3) is 10.9 Å². The van der Waals surface area contributed by atoms with E-state index in [0.29, 0.717) is 36.1 Å². The average Bonchev–Trinajstić information content (AvgIpc) is 2.65. The van der Waals surface area contributed by atoms with Crippen molar-refractivity contribution in [3.05, 3.63) is 29.8 Å². The summed E-state index contributed by atoms with van der Waals surface area (Å²) in [5.41, 5.74) is -5.15. The highest BCUT2D eigenvalue weighted by Gasteiger charge is 2.45. The fourth-order valence-electron chi connectivity index (χ4n) is 3.13. The van der Waals surface area contributed by atoms with Gasteiger partial charge in [-0.15, -0.1) is 0 Å². The SMILES string of the molecule is N#Cc1cc2ncnc(N3CCCC(CNS(=O)(=O)C(F)(F)F)C3)c2cc1F. The third-order valence-electron chi connectivity index (χ3n) is 4.51. The Labute approximate surface area is 158 Å². The molecule has 1 aliphatic rings. The first-order valence-corrected chi connectivity index (χ1v) is 9.76. The number of fused-ring (bicyclic) bond motifs is 1. The number of alkyl halides is 3. The van der Waals surface area contributed by atoms with E-state index in [1.807, 2.05) is 0 Å². The molecule has 2 aromatic rings. The first kappa shape index (κ1) is 20.2. The lowest BCUT2D eigenvalue weighted by Crippen LogP contribution is -2.44. The van der Waals surface area contributed by atoms with Crippen LogP contribution < -0.4 is 9.62 Å². The first-order chi connectivity index (χ1) is 13.1. The van der Waals surface area contributed by atoms with Gasteiger partial charge in [0.05, 0.1) is 11.1 Å². The first-order valence-electron chi connectivity index (χ1n) is 8.27. The quantitative estimate of drug-likeness (QED) is 0.767. The van der Waals surface area contributed by atoms with E-state index in [0.717, 1.165) is 6.07 Å². The summed E-state index contributed by atoms with van der Waals surface area (Å²) in [5.74, 6) is -0.714. The number of nitrogens with one attached hydrogen (secondary N) is 1. The highest BCUT2D eigenvalue weighted by Crippen LogP contribution is 2.29. The van der Waals surface area contributed by atoms with Gasteiger partial charge in [-0.25, -0.2) is 27.5 Å². The smallest absolute Gasteiger partial charge is 0.356 e. The molecule has 28 heavy (non-hydrogen) atoms. The van der Waals surface area contributed by atoms with Gasteiger partial charge in [0.15, 0.2) is 0 Å². The minimum atomic E-state index is -5.40. The molecule has 1 atom stereocenters. The number of nitriles is 1. The van der Waals surface area contributed by atoms with Crippen molar-refractivity contribution in [2.24, 2.45) is 5.92 Å². The molecule has 1 aliphatic heterocycles. The molecule has 1 N–H and O–H groups in total. The van der Waals surface area contributed by atoms with E-state index in [9.17, 15) is 26.0 Å². The number of halogens is 4. The minimum absolute atomic E-state index is 0.157. The molecule has 1 aromatic carbocycles. The van der Waals surface area contributed by atoms with Crippen LogP contribution in [0.2, 0.25) is 0 Å². The zero-order valence-corrected chi connectivity index (χ0v) is 15.2. The third-order valence-corrected chi connectivity index (χ3v) is 5.66. The number of sulfonamides is 1. The fourth-order valence-corrected chi connectivity index (χ4v) is 3.75. The number of benzene rings is 1. The molecule has 1 unspecified atom stereocenters. The molecular formula is C16H15F4N5O2S. The Balaban J connectivity index is 1.81. The van der Waals surface area contributed by atoms with E-state index >= 15 is 0 Å². The molecule has 1 aromatic heterocycles. The fraction of sp³-hybridized carbons (Fsp3) is 0.438. The van der Waals surface area contributed by atoms with Gasteiger partial charge < -0.3 is 4.90 Å². The molecule has 0 aliphatic carbocycles. The van der Waals surface area contributed by atoms with Crippen molar-refractivity contribution in [2.75, 3.05) is 24.5 Å². The Morgan fingerprint density at radius 1 is 1.32 bits per heavy atom. The highest BCUT2D eigenvalue weighted by molar-refractivity contribution is 7.90. The zero-order valence-electron chi connectivity index (χ0n) is 14.4. The van der Waals surface area contributed by atoms with Crippen LogP contribution in [-0.4, -0.2) is 43.5 Å². The predicted molar refractivity (Wildman–Crippen MR) is 92.1 cm³/mol. The van der Waals surface area contributed by atoms with Gasteiger partial charge in [0.2, 0.25) is 0 Å². The summed E-state index contributed by atoms with van der Waals surface area (Å²) in [6.07, 6.45) is 2.39. The second kappa shape index (κ2) is 7.48. The summed E-state index contributed by atoms with van der Waals surface area (Å²) in [6.45, 7) is 0.401. The summed E-state index contributed by atoms with van der Waals surface area (Å²) < 4.78 is 75.4. The van der Waals surface area contributed by atoms with Crippen LogP contribution in [-0.2, 0) is 10.0 Å². The summed E-state index contributed by atoms with van der Waals surface area (Å²) >= 11 is 0. The summed E-state index contributed by atoms with van der Waals surface area (Å²) in [7, 11) is -5.40. The van der Waals surface area contributed by atoms with Crippen molar-refractivity contribution in [3.63, 3.8) is 0 Å². The van der Waals surface area contributed by atoms with Gasteiger partial charge in [-0.3, -0.25) is 0 Å². The number of nitrogens with zero attached hydrogens (tertiary/aromatic N) is 4. The lowest BCUT2D eigenvalue weighted by molar-refractivity contribution is -0.0448. The van der Waals surface area contributed by atoms with E-state index < -0.39 is 21.3 Å². The summed E-state index contributed by atoms with van der Waals surface area (Å²) in [6, 6.07) is 4.18. The Bertz CT molecular complexity index is 1040. The van der Waals surface area contributed by atoms with E-state index in [-0.39, 0.29) is 24.6 Å².